The molecule has 0 radical (unpaired) electrons. The average molecular weight is 274 g/mol. The highest BCUT2D eigenvalue weighted by Gasteiger charge is 2.34. The van der Waals surface area contributed by atoms with Crippen LogP contribution in [-0.4, -0.2) is 24.8 Å². The SMILES string of the molecule is NCC1NC(=O)OC1Cc1cccc(C(F)(F)F)c1. The zero-order chi connectivity index (χ0) is 14.0. The van der Waals surface area contributed by atoms with E-state index in [1.54, 1.807) is 6.07 Å². The standard InChI is InChI=1S/C12H13F3N2O2/c13-12(14,15)8-3-1-2-7(4-8)5-10-9(6-16)17-11(18)19-10/h1-4,9-10H,5-6,16H2,(H,17,18). The van der Waals surface area contributed by atoms with E-state index in [1.807, 2.05) is 0 Å². The molecule has 1 saturated heterocycles. The van der Waals surface area contributed by atoms with Gasteiger partial charge in [-0.15, -0.1) is 0 Å². The van der Waals surface area contributed by atoms with Gasteiger partial charge in [-0.3, -0.25) is 0 Å². The zero-order valence-corrected chi connectivity index (χ0v) is 9.91. The molecule has 4 nitrogen and oxygen atoms in total. The second-order valence-corrected chi connectivity index (χ2v) is 4.33. The lowest BCUT2D eigenvalue weighted by Gasteiger charge is -2.16. The number of alkyl carbamates (subject to hydrolysis) is 1. The van der Waals surface area contributed by atoms with Crippen LogP contribution in [0.5, 0.6) is 0 Å². The van der Waals surface area contributed by atoms with Crippen molar-refractivity contribution >= 4 is 6.09 Å². The number of nitrogens with one attached hydrogen (secondary N) is 1. The van der Waals surface area contributed by atoms with E-state index in [0.717, 1.165) is 12.1 Å². The summed E-state index contributed by atoms with van der Waals surface area (Å²) in [4.78, 5) is 11.1. The monoisotopic (exact) mass is 274 g/mol. The smallest absolute Gasteiger partial charge is 0.416 e. The first-order valence-corrected chi connectivity index (χ1v) is 5.73. The number of nitrogens with two attached hydrogens (primary N) is 1. The van der Waals surface area contributed by atoms with Crippen molar-refractivity contribution in [1.82, 2.24) is 5.32 Å². The van der Waals surface area contributed by atoms with Crippen LogP contribution in [0, 0.1) is 0 Å². The van der Waals surface area contributed by atoms with Crippen LogP contribution in [-0.2, 0) is 17.3 Å². The van der Waals surface area contributed by atoms with Crippen molar-refractivity contribution in [3.8, 4) is 0 Å². The topological polar surface area (TPSA) is 64.3 Å². The normalized spacial score (nSPS) is 23.1. The van der Waals surface area contributed by atoms with Gasteiger partial charge in [0.15, 0.2) is 0 Å². The highest BCUT2D eigenvalue weighted by molar-refractivity contribution is 5.70. The molecule has 1 aromatic carbocycles. The minimum Gasteiger partial charge on any atom is -0.444 e. The summed E-state index contributed by atoms with van der Waals surface area (Å²) in [6, 6.07) is 4.58. The summed E-state index contributed by atoms with van der Waals surface area (Å²) < 4.78 is 42.7. The van der Waals surface area contributed by atoms with E-state index in [4.69, 9.17) is 10.5 Å². The van der Waals surface area contributed by atoms with Gasteiger partial charge in [0.1, 0.15) is 6.10 Å². The Morgan fingerprint density at radius 3 is 2.74 bits per heavy atom. The summed E-state index contributed by atoms with van der Waals surface area (Å²) in [5, 5.41) is 2.51. The maximum Gasteiger partial charge on any atom is 0.416 e. The summed E-state index contributed by atoms with van der Waals surface area (Å²) in [7, 11) is 0. The fourth-order valence-corrected chi connectivity index (χ4v) is 2.00. The summed E-state index contributed by atoms with van der Waals surface area (Å²) >= 11 is 0. The third-order valence-electron chi connectivity index (χ3n) is 2.96. The Kier molecular flexibility index (Phi) is 3.66. The van der Waals surface area contributed by atoms with Gasteiger partial charge in [-0.05, 0) is 11.6 Å². The fraction of sp³-hybridized carbons (Fsp3) is 0.417. The molecule has 104 valence electrons. The number of ether oxygens (including phenoxy) is 1. The van der Waals surface area contributed by atoms with E-state index in [-0.39, 0.29) is 19.0 Å². The second kappa shape index (κ2) is 5.08. The van der Waals surface area contributed by atoms with Crippen LogP contribution in [0.2, 0.25) is 0 Å². The fourth-order valence-electron chi connectivity index (χ4n) is 2.00. The van der Waals surface area contributed by atoms with E-state index in [1.165, 1.54) is 6.07 Å². The van der Waals surface area contributed by atoms with Gasteiger partial charge in [0.25, 0.3) is 0 Å². The van der Waals surface area contributed by atoms with Crippen molar-refractivity contribution in [2.75, 3.05) is 6.54 Å². The highest BCUT2D eigenvalue weighted by atomic mass is 19.4. The predicted octanol–water partition coefficient (Wildman–Crippen LogP) is 1.68. The lowest BCUT2D eigenvalue weighted by molar-refractivity contribution is -0.137. The lowest BCUT2D eigenvalue weighted by Crippen LogP contribution is -2.39. The molecule has 1 amide bonds. The van der Waals surface area contributed by atoms with E-state index < -0.39 is 23.9 Å². The van der Waals surface area contributed by atoms with Crippen LogP contribution in [0.3, 0.4) is 0 Å². The maximum atomic E-state index is 12.6. The van der Waals surface area contributed by atoms with Crippen LogP contribution in [0.25, 0.3) is 0 Å². The van der Waals surface area contributed by atoms with Crippen molar-refractivity contribution in [2.45, 2.75) is 24.7 Å². The van der Waals surface area contributed by atoms with Gasteiger partial charge in [0.05, 0.1) is 11.6 Å². The molecule has 0 spiro atoms. The number of hydrogen-bond donors (Lipinski definition) is 2. The Balaban J connectivity index is 2.13. The number of hydrogen-bond acceptors (Lipinski definition) is 3. The van der Waals surface area contributed by atoms with Crippen LogP contribution in [0.1, 0.15) is 11.1 Å². The largest absolute Gasteiger partial charge is 0.444 e. The number of halogens is 3. The van der Waals surface area contributed by atoms with Crippen LogP contribution < -0.4 is 11.1 Å². The minimum absolute atomic E-state index is 0.176. The molecule has 3 N–H and O–H groups in total. The van der Waals surface area contributed by atoms with Crippen molar-refractivity contribution in [3.63, 3.8) is 0 Å². The number of amides is 1. The molecule has 1 fully saturated rings. The van der Waals surface area contributed by atoms with Gasteiger partial charge >= 0.3 is 12.3 Å². The van der Waals surface area contributed by atoms with Gasteiger partial charge in [-0.1, -0.05) is 18.2 Å². The quantitative estimate of drug-likeness (QED) is 0.881. The second-order valence-electron chi connectivity index (χ2n) is 4.33. The Bertz CT molecular complexity index is 476. The van der Waals surface area contributed by atoms with Crippen LogP contribution >= 0.6 is 0 Å². The Morgan fingerprint density at radius 1 is 1.37 bits per heavy atom. The number of carbonyl (C=O) groups is 1. The number of alkyl halides is 3. The summed E-state index contributed by atoms with van der Waals surface area (Å²) in [6.45, 7) is 0.176. The molecular weight excluding hydrogens is 261 g/mol. The maximum absolute atomic E-state index is 12.6. The highest BCUT2D eigenvalue weighted by Crippen LogP contribution is 2.30. The predicted molar refractivity (Wildman–Crippen MR) is 61.4 cm³/mol. The van der Waals surface area contributed by atoms with Crippen LogP contribution in [0.4, 0.5) is 18.0 Å². The molecule has 1 aliphatic rings. The molecule has 2 unspecified atom stereocenters. The molecule has 19 heavy (non-hydrogen) atoms. The summed E-state index contributed by atoms with van der Waals surface area (Å²) in [5.74, 6) is 0. The third kappa shape index (κ3) is 3.17. The van der Waals surface area contributed by atoms with Gasteiger partial charge in [-0.25, -0.2) is 4.79 Å². The zero-order valence-electron chi connectivity index (χ0n) is 9.91. The van der Waals surface area contributed by atoms with E-state index in [2.05, 4.69) is 5.32 Å². The van der Waals surface area contributed by atoms with E-state index in [0.29, 0.717) is 5.56 Å². The Hall–Kier alpha value is -1.76. The molecule has 1 heterocycles. The minimum atomic E-state index is -4.38. The van der Waals surface area contributed by atoms with Crippen molar-refractivity contribution in [1.29, 1.82) is 0 Å². The van der Waals surface area contributed by atoms with E-state index in [9.17, 15) is 18.0 Å². The van der Waals surface area contributed by atoms with Gasteiger partial charge < -0.3 is 15.8 Å². The van der Waals surface area contributed by atoms with Crippen LogP contribution in [0.15, 0.2) is 24.3 Å². The summed E-state index contributed by atoms with van der Waals surface area (Å²) in [5.41, 5.74) is 5.20. The molecule has 2 atom stereocenters. The molecule has 0 aromatic heterocycles. The molecule has 0 saturated carbocycles. The third-order valence-corrected chi connectivity index (χ3v) is 2.96. The van der Waals surface area contributed by atoms with Crippen molar-refractivity contribution in [2.24, 2.45) is 5.73 Å². The number of cyclic esters (lactones) is 1. The Morgan fingerprint density at radius 2 is 2.11 bits per heavy atom. The summed E-state index contributed by atoms with van der Waals surface area (Å²) in [6.07, 6.45) is -5.31. The number of carbonyl (C=O) groups excluding carboxylic acids is 1. The molecule has 2 rings (SSSR count). The van der Waals surface area contributed by atoms with Gasteiger partial charge in [-0.2, -0.15) is 13.2 Å². The molecule has 7 heteroatoms. The molecule has 1 aromatic rings. The van der Waals surface area contributed by atoms with Gasteiger partial charge in [0, 0.05) is 13.0 Å². The molecule has 1 aliphatic heterocycles. The average Bonchev–Trinajstić information content (AvgIpc) is 2.69. The number of rotatable bonds is 3. The Labute approximate surface area is 107 Å². The first-order valence-electron chi connectivity index (χ1n) is 5.73. The molecular formula is C12H13F3N2O2. The number of benzene rings is 1. The lowest BCUT2D eigenvalue weighted by atomic mass is 10.0. The molecule has 0 bridgehead atoms. The van der Waals surface area contributed by atoms with Crippen molar-refractivity contribution in [3.05, 3.63) is 35.4 Å². The van der Waals surface area contributed by atoms with E-state index >= 15 is 0 Å². The van der Waals surface area contributed by atoms with Gasteiger partial charge in [0.2, 0.25) is 0 Å². The van der Waals surface area contributed by atoms with Crippen molar-refractivity contribution < 1.29 is 22.7 Å². The first-order chi connectivity index (χ1) is 8.90. The first kappa shape index (κ1) is 13.7. The molecule has 0 aliphatic carbocycles.